The van der Waals surface area contributed by atoms with Crippen molar-refractivity contribution >= 4 is 51.1 Å². The number of hydrogen-bond donors (Lipinski definition) is 4. The molecule has 0 amide bonds. The molecule has 0 bridgehead atoms. The van der Waals surface area contributed by atoms with E-state index in [0.717, 1.165) is 35.3 Å². The number of rotatable bonds is 5. The number of nitrogens with two attached hydrogens (primary N) is 2. The highest BCUT2D eigenvalue weighted by Crippen LogP contribution is 2.24. The van der Waals surface area contributed by atoms with Crippen molar-refractivity contribution in [2.75, 3.05) is 17.6 Å². The Balaban J connectivity index is 1.85. The Morgan fingerprint density at radius 1 is 1.36 bits per heavy atom. The molecule has 0 aliphatic heterocycles. The first-order valence-corrected chi connectivity index (χ1v) is 8.02. The van der Waals surface area contributed by atoms with Crippen molar-refractivity contribution in [3.63, 3.8) is 0 Å². The minimum atomic E-state index is -0.0856. The summed E-state index contributed by atoms with van der Waals surface area (Å²) in [6, 6.07) is 7.58. The van der Waals surface area contributed by atoms with Crippen molar-refractivity contribution < 1.29 is 0 Å². The van der Waals surface area contributed by atoms with E-state index in [1.807, 2.05) is 24.3 Å². The molecule has 6 nitrogen and oxygen atoms in total. The van der Waals surface area contributed by atoms with Gasteiger partial charge in [0.1, 0.15) is 0 Å². The molecule has 0 atom stereocenters. The van der Waals surface area contributed by atoms with Crippen LogP contribution in [0.1, 0.15) is 6.42 Å². The van der Waals surface area contributed by atoms with Gasteiger partial charge in [0.15, 0.2) is 11.1 Å². The summed E-state index contributed by atoms with van der Waals surface area (Å²) in [5.74, 6) is 0.676. The summed E-state index contributed by atoms with van der Waals surface area (Å²) >= 11 is 7.28. The Kier molecular flexibility index (Phi) is 5.85. The molecular weight excluding hydrogens is 320 g/mol. The van der Waals surface area contributed by atoms with Gasteiger partial charge in [-0.25, -0.2) is 0 Å². The highest BCUT2D eigenvalue weighted by molar-refractivity contribution is 8.13. The summed E-state index contributed by atoms with van der Waals surface area (Å²) in [4.78, 5) is 7.96. The Bertz CT molecular complexity index is 699. The van der Waals surface area contributed by atoms with Crippen LogP contribution >= 0.6 is 23.4 Å². The lowest BCUT2D eigenvalue weighted by Crippen LogP contribution is -2.23. The predicted octanol–water partition coefficient (Wildman–Crippen LogP) is 2.63. The van der Waals surface area contributed by atoms with Crippen molar-refractivity contribution in [2.24, 2.45) is 16.5 Å². The molecule has 0 spiro atoms. The lowest BCUT2D eigenvalue weighted by molar-refractivity contribution is 0.995. The lowest BCUT2D eigenvalue weighted by atomic mass is 10.2. The van der Waals surface area contributed by atoms with E-state index in [1.54, 1.807) is 6.20 Å². The molecule has 0 unspecified atom stereocenters. The van der Waals surface area contributed by atoms with Crippen LogP contribution in [0.15, 0.2) is 35.5 Å². The lowest BCUT2D eigenvalue weighted by Gasteiger charge is -2.09. The highest BCUT2D eigenvalue weighted by atomic mass is 35.5. The molecule has 6 N–H and O–H groups in total. The number of nitrogens with zero attached hydrogens (tertiary/aromatic N) is 2. The number of pyridine rings is 1. The Morgan fingerprint density at radius 2 is 2.18 bits per heavy atom. The van der Waals surface area contributed by atoms with Gasteiger partial charge in [-0.2, -0.15) is 4.99 Å². The minimum absolute atomic E-state index is 0.0856. The summed E-state index contributed by atoms with van der Waals surface area (Å²) in [6.07, 6.45) is 2.63. The molecule has 0 aliphatic carbocycles. The van der Waals surface area contributed by atoms with Gasteiger partial charge < -0.3 is 16.8 Å². The molecule has 2 aromatic rings. The second kappa shape index (κ2) is 7.86. The Hall–Kier alpha value is -1.99. The predicted molar refractivity (Wildman–Crippen MR) is 95.9 cm³/mol. The zero-order valence-corrected chi connectivity index (χ0v) is 13.4. The molecular formula is C14H17ClN6S. The van der Waals surface area contributed by atoms with E-state index in [-0.39, 0.29) is 11.1 Å². The van der Waals surface area contributed by atoms with E-state index in [2.05, 4.69) is 15.3 Å². The van der Waals surface area contributed by atoms with Crippen LogP contribution in [0.3, 0.4) is 0 Å². The number of hydrogen-bond acceptors (Lipinski definition) is 4. The van der Waals surface area contributed by atoms with Gasteiger partial charge in [-0.15, -0.1) is 0 Å². The monoisotopic (exact) mass is 336 g/mol. The van der Waals surface area contributed by atoms with E-state index in [4.69, 9.17) is 28.5 Å². The number of aromatic nitrogens is 1. The first-order valence-electron chi connectivity index (χ1n) is 6.65. The maximum absolute atomic E-state index is 7.52. The standard InChI is InChI=1S/C14H17ClN6S/c15-9-2-3-10-11(4-6-20-12(10)8-9)19-5-1-7-22-14(18)21-13(16)17/h2-4,6,8H,1,5,7H2,(H,19,20)(H5,16,17,18,21). The van der Waals surface area contributed by atoms with Gasteiger partial charge >= 0.3 is 0 Å². The van der Waals surface area contributed by atoms with E-state index < -0.39 is 0 Å². The first kappa shape index (κ1) is 16.4. The van der Waals surface area contributed by atoms with E-state index in [9.17, 15) is 0 Å². The number of guanidine groups is 1. The molecule has 22 heavy (non-hydrogen) atoms. The Morgan fingerprint density at radius 3 is 2.95 bits per heavy atom. The average Bonchev–Trinajstić information content (AvgIpc) is 2.45. The van der Waals surface area contributed by atoms with Gasteiger partial charge in [0.05, 0.1) is 5.52 Å². The van der Waals surface area contributed by atoms with E-state index in [0.29, 0.717) is 5.02 Å². The summed E-state index contributed by atoms with van der Waals surface area (Å²) < 4.78 is 0. The molecule has 1 aromatic heterocycles. The maximum atomic E-state index is 7.52. The highest BCUT2D eigenvalue weighted by Gasteiger charge is 2.02. The summed E-state index contributed by atoms with van der Waals surface area (Å²) in [7, 11) is 0. The number of fused-ring (bicyclic) bond motifs is 1. The van der Waals surface area contributed by atoms with Gasteiger partial charge in [0.25, 0.3) is 0 Å². The molecule has 0 radical (unpaired) electrons. The van der Waals surface area contributed by atoms with Crippen LogP contribution < -0.4 is 16.8 Å². The molecule has 1 aromatic carbocycles. The fraction of sp³-hybridized carbons (Fsp3) is 0.214. The normalized spacial score (nSPS) is 10.4. The third-order valence-electron chi connectivity index (χ3n) is 2.81. The number of nitrogens with one attached hydrogen (secondary N) is 2. The van der Waals surface area contributed by atoms with Gasteiger partial charge in [-0.3, -0.25) is 10.4 Å². The largest absolute Gasteiger partial charge is 0.384 e. The summed E-state index contributed by atoms with van der Waals surface area (Å²) in [5, 5.41) is 12.7. The van der Waals surface area contributed by atoms with Crippen molar-refractivity contribution in [1.29, 1.82) is 5.41 Å². The van der Waals surface area contributed by atoms with Gasteiger partial charge in [0.2, 0.25) is 0 Å². The van der Waals surface area contributed by atoms with E-state index in [1.165, 1.54) is 11.8 Å². The molecule has 1 heterocycles. The second-order valence-electron chi connectivity index (χ2n) is 4.49. The van der Waals surface area contributed by atoms with Gasteiger partial charge in [0, 0.05) is 34.6 Å². The zero-order valence-electron chi connectivity index (χ0n) is 11.8. The quantitative estimate of drug-likeness (QED) is 0.381. The third kappa shape index (κ3) is 4.78. The van der Waals surface area contributed by atoms with Crippen molar-refractivity contribution in [1.82, 2.24) is 4.98 Å². The first-order chi connectivity index (χ1) is 10.6. The van der Waals surface area contributed by atoms with Crippen LogP contribution in [0, 0.1) is 5.41 Å². The Labute approximate surface area is 137 Å². The molecule has 0 saturated carbocycles. The average molecular weight is 337 g/mol. The number of aliphatic imine (C=N–C) groups is 1. The molecule has 2 rings (SSSR count). The minimum Gasteiger partial charge on any atom is -0.384 e. The molecule has 8 heteroatoms. The fourth-order valence-corrected chi connectivity index (χ4v) is 2.71. The second-order valence-corrected chi connectivity index (χ2v) is 6.01. The van der Waals surface area contributed by atoms with Crippen LogP contribution in [-0.2, 0) is 0 Å². The topological polar surface area (TPSA) is 113 Å². The number of amidine groups is 1. The van der Waals surface area contributed by atoms with Crippen LogP contribution in [0.2, 0.25) is 5.02 Å². The molecule has 0 aliphatic rings. The molecule has 116 valence electrons. The SMILES string of the molecule is N=C(N=C(N)N)SCCCNc1ccnc2cc(Cl)ccc12. The number of halogens is 1. The van der Waals surface area contributed by atoms with Crippen molar-refractivity contribution in [2.45, 2.75) is 6.42 Å². The van der Waals surface area contributed by atoms with Gasteiger partial charge in [-0.05, 0) is 30.7 Å². The maximum Gasteiger partial charge on any atom is 0.193 e. The van der Waals surface area contributed by atoms with Crippen molar-refractivity contribution in [3.05, 3.63) is 35.5 Å². The van der Waals surface area contributed by atoms with E-state index >= 15 is 0 Å². The number of benzene rings is 1. The number of thioether (sulfide) groups is 1. The smallest absolute Gasteiger partial charge is 0.193 e. The molecule has 0 fully saturated rings. The van der Waals surface area contributed by atoms with Crippen LogP contribution in [0.5, 0.6) is 0 Å². The molecule has 0 saturated heterocycles. The van der Waals surface area contributed by atoms with Crippen molar-refractivity contribution in [3.8, 4) is 0 Å². The zero-order chi connectivity index (χ0) is 15.9. The fourth-order valence-electron chi connectivity index (χ4n) is 1.89. The summed E-state index contributed by atoms with van der Waals surface area (Å²) in [5.41, 5.74) is 12.3. The number of anilines is 1. The van der Waals surface area contributed by atoms with Crippen LogP contribution in [-0.4, -0.2) is 28.4 Å². The van der Waals surface area contributed by atoms with Gasteiger partial charge in [-0.1, -0.05) is 23.4 Å². The third-order valence-corrected chi connectivity index (χ3v) is 3.90. The summed E-state index contributed by atoms with van der Waals surface area (Å²) in [6.45, 7) is 0.782. The van der Waals surface area contributed by atoms with Crippen LogP contribution in [0.25, 0.3) is 10.9 Å². The van der Waals surface area contributed by atoms with Crippen LogP contribution in [0.4, 0.5) is 5.69 Å².